The molecule has 1 aliphatic rings. The minimum absolute atomic E-state index is 0.326. The van der Waals surface area contributed by atoms with E-state index in [1.807, 2.05) is 45.6 Å². The number of aromatic amines is 1. The Labute approximate surface area is 159 Å². The van der Waals surface area contributed by atoms with Gasteiger partial charge in [0.2, 0.25) is 0 Å². The van der Waals surface area contributed by atoms with Gasteiger partial charge in [-0.2, -0.15) is 0 Å². The molecular formula is C19H25BN6O. The molecule has 8 heteroatoms. The standard InChI is InChI=1S/C19H25BN6O/c1-13-22-9-14(10-23-13)16-11-24-19-18(16)17(6-7-21-19)26-8-4-5-15(12-26)25(3)20(2)27/h6-7,9-11,15,27H,4-5,8,12H2,1-3H3,(H,21,24)/t15-/m0/s1. The first-order valence-electron chi connectivity index (χ1n) is 9.44. The van der Waals surface area contributed by atoms with Crippen LogP contribution < -0.4 is 4.90 Å². The number of aryl methyl sites for hydroxylation is 1. The van der Waals surface area contributed by atoms with E-state index in [0.717, 1.165) is 53.9 Å². The van der Waals surface area contributed by atoms with E-state index in [-0.39, 0.29) is 0 Å². The van der Waals surface area contributed by atoms with Crippen LogP contribution in [0.25, 0.3) is 22.2 Å². The van der Waals surface area contributed by atoms with E-state index in [2.05, 4.69) is 35.7 Å². The van der Waals surface area contributed by atoms with Gasteiger partial charge in [-0.1, -0.05) is 0 Å². The molecule has 4 heterocycles. The number of pyridine rings is 1. The first kappa shape index (κ1) is 17.9. The fourth-order valence-electron chi connectivity index (χ4n) is 3.87. The van der Waals surface area contributed by atoms with Gasteiger partial charge in [0.25, 0.3) is 0 Å². The van der Waals surface area contributed by atoms with E-state index in [1.165, 1.54) is 5.69 Å². The van der Waals surface area contributed by atoms with E-state index in [1.54, 1.807) is 0 Å². The second-order valence-corrected chi connectivity index (χ2v) is 7.31. The van der Waals surface area contributed by atoms with Gasteiger partial charge >= 0.3 is 7.05 Å². The summed E-state index contributed by atoms with van der Waals surface area (Å²) in [6.45, 7) is 5.59. The van der Waals surface area contributed by atoms with E-state index in [9.17, 15) is 5.02 Å². The second kappa shape index (κ2) is 7.29. The topological polar surface area (TPSA) is 81.2 Å². The number of fused-ring (bicyclic) bond motifs is 1. The van der Waals surface area contributed by atoms with Crippen molar-refractivity contribution in [1.82, 2.24) is 24.7 Å². The van der Waals surface area contributed by atoms with Crippen molar-refractivity contribution in [2.24, 2.45) is 0 Å². The Morgan fingerprint density at radius 3 is 2.81 bits per heavy atom. The summed E-state index contributed by atoms with van der Waals surface area (Å²) in [5.41, 5.74) is 4.09. The zero-order chi connectivity index (χ0) is 19.0. The molecular weight excluding hydrogens is 339 g/mol. The highest BCUT2D eigenvalue weighted by molar-refractivity contribution is 6.45. The Kier molecular flexibility index (Phi) is 4.84. The van der Waals surface area contributed by atoms with E-state index in [4.69, 9.17) is 0 Å². The van der Waals surface area contributed by atoms with Gasteiger partial charge < -0.3 is 19.7 Å². The van der Waals surface area contributed by atoms with Gasteiger partial charge in [0, 0.05) is 60.7 Å². The maximum atomic E-state index is 9.96. The Hall–Kier alpha value is -2.45. The third-order valence-corrected chi connectivity index (χ3v) is 5.55. The number of hydrogen-bond acceptors (Lipinski definition) is 6. The number of anilines is 1. The number of hydrogen-bond donors (Lipinski definition) is 2. The average Bonchev–Trinajstić information content (AvgIpc) is 3.12. The molecule has 3 aromatic rings. The summed E-state index contributed by atoms with van der Waals surface area (Å²) >= 11 is 0. The predicted octanol–water partition coefficient (Wildman–Crippen LogP) is 2.34. The van der Waals surface area contributed by atoms with Crippen LogP contribution in [0.5, 0.6) is 0 Å². The van der Waals surface area contributed by atoms with Gasteiger partial charge in [-0.15, -0.1) is 0 Å². The monoisotopic (exact) mass is 364 g/mol. The van der Waals surface area contributed by atoms with Gasteiger partial charge in [-0.05, 0) is 39.7 Å². The largest absolute Gasteiger partial charge is 0.437 e. The SMILES string of the molecule is CB(O)N(C)[C@H]1CCCN(c2ccnc3[nH]cc(-c4cnc(C)nc4)c23)C1. The highest BCUT2D eigenvalue weighted by atomic mass is 16.2. The van der Waals surface area contributed by atoms with Crippen molar-refractivity contribution in [2.45, 2.75) is 32.6 Å². The number of rotatable bonds is 4. The smallest absolute Gasteiger partial charge is 0.376 e. The summed E-state index contributed by atoms with van der Waals surface area (Å²) in [5, 5.41) is 11.1. The van der Waals surface area contributed by atoms with Crippen LogP contribution in [0.4, 0.5) is 5.69 Å². The summed E-state index contributed by atoms with van der Waals surface area (Å²) in [4.78, 5) is 20.9. The van der Waals surface area contributed by atoms with Crippen molar-refractivity contribution in [3.8, 4) is 11.1 Å². The van der Waals surface area contributed by atoms with Gasteiger partial charge in [0.15, 0.2) is 0 Å². The van der Waals surface area contributed by atoms with Gasteiger partial charge in [0.1, 0.15) is 11.5 Å². The molecule has 140 valence electrons. The van der Waals surface area contributed by atoms with E-state index in [0.29, 0.717) is 6.04 Å². The fraction of sp³-hybridized carbons (Fsp3) is 0.421. The van der Waals surface area contributed by atoms with Gasteiger partial charge in [-0.25, -0.2) is 15.0 Å². The second-order valence-electron chi connectivity index (χ2n) is 7.31. The number of likely N-dealkylation sites (N-methyl/N-ethyl adjacent to an activating group) is 1. The Morgan fingerprint density at radius 1 is 1.30 bits per heavy atom. The number of aromatic nitrogens is 4. The molecule has 0 radical (unpaired) electrons. The van der Waals surface area contributed by atoms with Gasteiger partial charge in [-0.3, -0.25) is 0 Å². The molecule has 1 fully saturated rings. The molecule has 27 heavy (non-hydrogen) atoms. The van der Waals surface area contributed by atoms with Crippen LogP contribution in [0.3, 0.4) is 0 Å². The molecule has 0 aliphatic carbocycles. The van der Waals surface area contributed by atoms with Crippen molar-refractivity contribution in [3.63, 3.8) is 0 Å². The molecule has 7 nitrogen and oxygen atoms in total. The van der Waals surface area contributed by atoms with E-state index < -0.39 is 7.05 Å². The maximum Gasteiger partial charge on any atom is 0.376 e. The average molecular weight is 364 g/mol. The predicted molar refractivity (Wildman–Crippen MR) is 109 cm³/mol. The Balaban J connectivity index is 1.73. The fourth-order valence-corrected chi connectivity index (χ4v) is 3.87. The molecule has 0 aromatic carbocycles. The van der Waals surface area contributed by atoms with Gasteiger partial charge in [0.05, 0.1) is 5.39 Å². The molecule has 0 unspecified atom stereocenters. The lowest BCUT2D eigenvalue weighted by Crippen LogP contribution is -2.51. The molecule has 0 bridgehead atoms. The van der Waals surface area contributed by atoms with Crippen molar-refractivity contribution < 1.29 is 5.02 Å². The van der Waals surface area contributed by atoms with Crippen LogP contribution in [0.2, 0.25) is 6.82 Å². The Morgan fingerprint density at radius 2 is 2.07 bits per heavy atom. The molecule has 0 spiro atoms. The third-order valence-electron chi connectivity index (χ3n) is 5.55. The molecule has 2 N–H and O–H groups in total. The lowest BCUT2D eigenvalue weighted by atomic mass is 9.82. The first-order valence-corrected chi connectivity index (χ1v) is 9.44. The van der Waals surface area contributed by atoms with Crippen molar-refractivity contribution >= 4 is 23.8 Å². The molecule has 1 aliphatic heterocycles. The highest BCUT2D eigenvalue weighted by Crippen LogP contribution is 2.35. The molecule has 1 atom stereocenters. The number of nitrogens with zero attached hydrogens (tertiary/aromatic N) is 5. The summed E-state index contributed by atoms with van der Waals surface area (Å²) in [6, 6.07) is 2.41. The van der Waals surface area contributed by atoms with Crippen LogP contribution in [-0.4, -0.2) is 63.0 Å². The van der Waals surface area contributed by atoms with Crippen molar-refractivity contribution in [3.05, 3.63) is 36.7 Å². The molecule has 4 rings (SSSR count). The lowest BCUT2D eigenvalue weighted by molar-refractivity contribution is 0.291. The minimum Gasteiger partial charge on any atom is -0.437 e. The van der Waals surface area contributed by atoms with Crippen LogP contribution in [-0.2, 0) is 0 Å². The zero-order valence-corrected chi connectivity index (χ0v) is 16.1. The Bertz CT molecular complexity index is 926. The molecule has 0 amide bonds. The normalized spacial score (nSPS) is 17.7. The highest BCUT2D eigenvalue weighted by Gasteiger charge is 2.28. The summed E-state index contributed by atoms with van der Waals surface area (Å²) in [7, 11) is 1.55. The third kappa shape index (κ3) is 3.42. The first-order chi connectivity index (χ1) is 13.0. The zero-order valence-electron chi connectivity index (χ0n) is 16.1. The van der Waals surface area contributed by atoms with Crippen molar-refractivity contribution in [1.29, 1.82) is 0 Å². The molecule has 3 aromatic heterocycles. The summed E-state index contributed by atoms with van der Waals surface area (Å²) < 4.78 is 0. The minimum atomic E-state index is -0.445. The number of nitrogens with one attached hydrogen (secondary N) is 1. The van der Waals surface area contributed by atoms with Crippen LogP contribution in [0, 0.1) is 6.92 Å². The van der Waals surface area contributed by atoms with Crippen LogP contribution in [0.15, 0.2) is 30.9 Å². The lowest BCUT2D eigenvalue weighted by Gasteiger charge is -2.39. The van der Waals surface area contributed by atoms with Crippen LogP contribution >= 0.6 is 0 Å². The number of piperidine rings is 1. The molecule has 0 saturated carbocycles. The summed E-state index contributed by atoms with van der Waals surface area (Å²) in [6.07, 6.45) is 9.75. The quantitative estimate of drug-likeness (QED) is 0.692. The van der Waals surface area contributed by atoms with E-state index >= 15 is 0 Å². The summed E-state index contributed by atoms with van der Waals surface area (Å²) in [5.74, 6) is 0.761. The molecule has 1 saturated heterocycles. The maximum absolute atomic E-state index is 9.96. The number of H-pyrrole nitrogens is 1. The van der Waals surface area contributed by atoms with Crippen molar-refractivity contribution in [2.75, 3.05) is 25.0 Å². The van der Waals surface area contributed by atoms with Crippen LogP contribution in [0.1, 0.15) is 18.7 Å².